The van der Waals surface area contributed by atoms with Crippen LogP contribution in [0.25, 0.3) is 0 Å². The second kappa shape index (κ2) is 12.4. The number of carbonyl (C=O) groups excluding carboxylic acids is 2. The summed E-state index contributed by atoms with van der Waals surface area (Å²) in [4.78, 5) is 28.2. The largest absolute Gasteiger partial charge is 0.357 e. The number of nitrogens with one attached hydrogen (secondary N) is 1. The predicted molar refractivity (Wildman–Crippen MR) is 146 cm³/mol. The van der Waals surface area contributed by atoms with Gasteiger partial charge in [0.15, 0.2) is 0 Å². The van der Waals surface area contributed by atoms with Crippen molar-refractivity contribution in [2.24, 2.45) is 0 Å². The van der Waals surface area contributed by atoms with Crippen molar-refractivity contribution in [3.05, 3.63) is 99.5 Å². The molecule has 3 aromatic rings. The second-order valence-corrected chi connectivity index (χ2v) is 11.5. The van der Waals surface area contributed by atoms with Gasteiger partial charge in [-0.1, -0.05) is 70.0 Å². The zero-order valence-electron chi connectivity index (χ0n) is 19.9. The van der Waals surface area contributed by atoms with E-state index >= 15 is 0 Å². The molecule has 7 nitrogen and oxygen atoms in total. The normalized spacial score (nSPS) is 12.0. The Balaban J connectivity index is 2.00. The van der Waals surface area contributed by atoms with Crippen LogP contribution in [0.2, 0.25) is 5.02 Å². The molecule has 0 saturated carbocycles. The van der Waals surface area contributed by atoms with Gasteiger partial charge in [0.2, 0.25) is 21.8 Å². The van der Waals surface area contributed by atoms with Gasteiger partial charge in [-0.2, -0.15) is 0 Å². The maximum Gasteiger partial charge on any atom is 0.244 e. The minimum Gasteiger partial charge on any atom is -0.357 e. The molecule has 0 spiro atoms. The Bertz CT molecular complexity index is 1290. The molecule has 0 aliphatic carbocycles. The molecule has 1 atom stereocenters. The summed E-state index contributed by atoms with van der Waals surface area (Å²) in [5.41, 5.74) is 1.97. The highest BCUT2D eigenvalue weighted by atomic mass is 79.9. The van der Waals surface area contributed by atoms with E-state index in [9.17, 15) is 18.0 Å². The lowest BCUT2D eigenvalue weighted by atomic mass is 10.0. The van der Waals surface area contributed by atoms with Crippen LogP contribution in [0.1, 0.15) is 11.1 Å². The van der Waals surface area contributed by atoms with Gasteiger partial charge in [-0.15, -0.1) is 0 Å². The standard InChI is InChI=1S/C26H27BrClN3O4S/c1-29-26(33)24(16-19-6-4-3-5-7-19)30(17-20-8-10-21(27)11-9-20)25(32)18-31(36(2,34)35)23-14-12-22(28)13-15-23/h3-15,24H,16-18H2,1-2H3,(H,29,33). The van der Waals surface area contributed by atoms with Gasteiger partial charge in [-0.05, 0) is 47.5 Å². The molecule has 0 fully saturated rings. The van der Waals surface area contributed by atoms with Gasteiger partial charge in [-0.25, -0.2) is 8.42 Å². The van der Waals surface area contributed by atoms with Gasteiger partial charge < -0.3 is 10.2 Å². The van der Waals surface area contributed by atoms with Gasteiger partial charge in [-0.3, -0.25) is 13.9 Å². The van der Waals surface area contributed by atoms with Crippen LogP contribution in [0.5, 0.6) is 0 Å². The summed E-state index contributed by atoms with van der Waals surface area (Å²) in [5, 5.41) is 3.09. The zero-order valence-corrected chi connectivity index (χ0v) is 23.1. The fourth-order valence-electron chi connectivity index (χ4n) is 3.73. The number of benzene rings is 3. The first-order chi connectivity index (χ1) is 17.1. The maximum atomic E-state index is 13.8. The Morgan fingerprint density at radius 3 is 2.11 bits per heavy atom. The minimum atomic E-state index is -3.81. The number of carbonyl (C=O) groups is 2. The van der Waals surface area contributed by atoms with Crippen molar-refractivity contribution in [3.63, 3.8) is 0 Å². The highest BCUT2D eigenvalue weighted by Gasteiger charge is 2.32. The molecule has 10 heteroatoms. The number of hydrogen-bond donors (Lipinski definition) is 1. The smallest absolute Gasteiger partial charge is 0.244 e. The van der Waals surface area contributed by atoms with E-state index in [2.05, 4.69) is 21.2 Å². The number of hydrogen-bond acceptors (Lipinski definition) is 4. The molecule has 0 saturated heterocycles. The molecular weight excluding hydrogens is 566 g/mol. The number of amides is 2. The van der Waals surface area contributed by atoms with Crippen molar-refractivity contribution >= 4 is 55.1 Å². The molecule has 2 amide bonds. The van der Waals surface area contributed by atoms with Crippen molar-refractivity contribution in [2.75, 3.05) is 24.2 Å². The third kappa shape index (κ3) is 7.56. The average Bonchev–Trinajstić information content (AvgIpc) is 2.86. The number of nitrogens with zero attached hydrogens (tertiary/aromatic N) is 2. The van der Waals surface area contributed by atoms with Crippen LogP contribution in [0, 0.1) is 0 Å². The highest BCUT2D eigenvalue weighted by Crippen LogP contribution is 2.22. The average molecular weight is 593 g/mol. The van der Waals surface area contributed by atoms with E-state index in [1.54, 1.807) is 12.1 Å². The Morgan fingerprint density at radius 1 is 0.944 bits per heavy atom. The molecule has 190 valence electrons. The third-order valence-corrected chi connectivity index (χ3v) is 7.50. The van der Waals surface area contributed by atoms with Crippen LogP contribution in [-0.2, 0) is 32.6 Å². The summed E-state index contributed by atoms with van der Waals surface area (Å²) in [6.45, 7) is -0.353. The summed E-state index contributed by atoms with van der Waals surface area (Å²) in [7, 11) is -2.30. The molecule has 0 aliphatic rings. The van der Waals surface area contributed by atoms with Crippen molar-refractivity contribution in [1.29, 1.82) is 0 Å². The summed E-state index contributed by atoms with van der Waals surface area (Å²) < 4.78 is 27.2. The maximum absolute atomic E-state index is 13.8. The van der Waals surface area contributed by atoms with E-state index in [-0.39, 0.29) is 18.9 Å². The van der Waals surface area contributed by atoms with Gasteiger partial charge >= 0.3 is 0 Å². The molecular formula is C26H27BrClN3O4S. The van der Waals surface area contributed by atoms with Crippen molar-refractivity contribution in [3.8, 4) is 0 Å². The molecule has 0 bridgehead atoms. The van der Waals surface area contributed by atoms with Crippen LogP contribution >= 0.6 is 27.5 Å². The Hall–Kier alpha value is -2.88. The van der Waals surface area contributed by atoms with E-state index < -0.39 is 28.5 Å². The van der Waals surface area contributed by atoms with Crippen LogP contribution < -0.4 is 9.62 Å². The van der Waals surface area contributed by atoms with E-state index in [4.69, 9.17) is 11.6 Å². The molecule has 0 heterocycles. The van der Waals surface area contributed by atoms with Crippen molar-refractivity contribution in [1.82, 2.24) is 10.2 Å². The van der Waals surface area contributed by atoms with Crippen molar-refractivity contribution < 1.29 is 18.0 Å². The number of halogens is 2. The van der Waals surface area contributed by atoms with E-state index in [0.29, 0.717) is 10.7 Å². The zero-order chi connectivity index (χ0) is 26.3. The van der Waals surface area contributed by atoms with Gasteiger partial charge in [0.05, 0.1) is 11.9 Å². The third-order valence-electron chi connectivity index (χ3n) is 5.58. The number of rotatable bonds is 10. The summed E-state index contributed by atoms with van der Waals surface area (Å²) in [6.07, 6.45) is 1.30. The quantitative estimate of drug-likeness (QED) is 0.381. The van der Waals surface area contributed by atoms with E-state index in [1.807, 2.05) is 54.6 Å². The van der Waals surface area contributed by atoms with Crippen molar-refractivity contribution in [2.45, 2.75) is 19.0 Å². The second-order valence-electron chi connectivity index (χ2n) is 8.21. The van der Waals surface area contributed by atoms with E-state index in [0.717, 1.165) is 26.2 Å². The summed E-state index contributed by atoms with van der Waals surface area (Å²) in [5.74, 6) is -0.857. The Morgan fingerprint density at radius 2 is 1.56 bits per heavy atom. The Kier molecular flexibility index (Phi) is 9.53. The molecule has 0 radical (unpaired) electrons. The fourth-order valence-corrected chi connectivity index (χ4v) is 4.97. The molecule has 1 unspecified atom stereocenters. The molecule has 0 aliphatic heterocycles. The summed E-state index contributed by atoms with van der Waals surface area (Å²) in [6, 6.07) is 22.1. The Labute approximate surface area is 225 Å². The number of anilines is 1. The summed E-state index contributed by atoms with van der Waals surface area (Å²) >= 11 is 9.37. The predicted octanol–water partition coefficient (Wildman–Crippen LogP) is 4.25. The lowest BCUT2D eigenvalue weighted by molar-refractivity contribution is -0.139. The monoisotopic (exact) mass is 591 g/mol. The highest BCUT2D eigenvalue weighted by molar-refractivity contribution is 9.10. The molecule has 1 N–H and O–H groups in total. The lowest BCUT2D eigenvalue weighted by Gasteiger charge is -2.33. The lowest BCUT2D eigenvalue weighted by Crippen LogP contribution is -2.52. The van der Waals surface area contributed by atoms with Crippen LogP contribution in [0.3, 0.4) is 0 Å². The number of sulfonamides is 1. The van der Waals surface area contributed by atoms with Crippen LogP contribution in [-0.4, -0.2) is 51.0 Å². The van der Waals surface area contributed by atoms with Gasteiger partial charge in [0.1, 0.15) is 12.6 Å². The molecule has 36 heavy (non-hydrogen) atoms. The molecule has 3 aromatic carbocycles. The first-order valence-corrected chi connectivity index (χ1v) is 14.1. The van der Waals surface area contributed by atoms with Gasteiger partial charge in [0, 0.05) is 29.5 Å². The molecule has 3 rings (SSSR count). The first kappa shape index (κ1) is 27.7. The molecule has 0 aromatic heterocycles. The van der Waals surface area contributed by atoms with Gasteiger partial charge in [0.25, 0.3) is 0 Å². The number of likely N-dealkylation sites (N-methyl/N-ethyl adjacent to an activating group) is 1. The first-order valence-electron chi connectivity index (χ1n) is 11.1. The SMILES string of the molecule is CNC(=O)C(Cc1ccccc1)N(Cc1ccc(Br)cc1)C(=O)CN(c1ccc(Cl)cc1)S(C)(=O)=O. The van der Waals surface area contributed by atoms with E-state index in [1.165, 1.54) is 24.1 Å². The topological polar surface area (TPSA) is 86.8 Å². The van der Waals surface area contributed by atoms with Crippen LogP contribution in [0.4, 0.5) is 5.69 Å². The fraction of sp³-hybridized carbons (Fsp3) is 0.231. The van der Waals surface area contributed by atoms with Crippen LogP contribution in [0.15, 0.2) is 83.3 Å². The minimum absolute atomic E-state index is 0.120.